The van der Waals surface area contributed by atoms with Crippen LogP contribution in [0.1, 0.15) is 0 Å². The zero-order valence-corrected chi connectivity index (χ0v) is 18.2. The predicted octanol–water partition coefficient (Wildman–Crippen LogP) is 0.183. The summed E-state index contributed by atoms with van der Waals surface area (Å²) in [5, 5.41) is 8.55. The monoisotopic (exact) mass is 452 g/mol. The Morgan fingerprint density at radius 1 is 1.04 bits per heavy atom. The van der Waals surface area contributed by atoms with Gasteiger partial charge in [-0.3, -0.25) is 14.4 Å². The molecule has 158 valence electrons. The molecular weight excluding hydrogens is 427 g/mol. The van der Waals surface area contributed by atoms with E-state index in [0.29, 0.717) is 6.54 Å². The van der Waals surface area contributed by atoms with Crippen LogP contribution < -0.4 is 10.2 Å². The Balaban J connectivity index is 0.00000131. The number of halogens is 3. The molecule has 0 radical (unpaired) electrons. The van der Waals surface area contributed by atoms with Crippen LogP contribution >= 0.6 is 37.2 Å². The number of piperazine rings is 2. The van der Waals surface area contributed by atoms with Crippen molar-refractivity contribution in [1.82, 2.24) is 34.9 Å². The standard InChI is InChI=1S/C16H24N8O.3ClH/c1-21-15-13(10-20-21)16(19-12-18-15)24-8-6-23(7-9-24)14(25)11-22-4-2-17-3-5-22;;;/h10,12,17H,2-9,11H2,1H3;3*1H. The molecule has 0 unspecified atom stereocenters. The summed E-state index contributed by atoms with van der Waals surface area (Å²) in [5.41, 5.74) is 0.835. The minimum atomic E-state index is 0. The van der Waals surface area contributed by atoms with Gasteiger partial charge in [0.15, 0.2) is 5.65 Å². The van der Waals surface area contributed by atoms with Crippen molar-refractivity contribution in [2.75, 3.05) is 63.8 Å². The van der Waals surface area contributed by atoms with Gasteiger partial charge in [0.2, 0.25) is 5.91 Å². The van der Waals surface area contributed by atoms with Gasteiger partial charge in [-0.2, -0.15) is 5.10 Å². The number of nitrogens with one attached hydrogen (secondary N) is 1. The number of nitrogens with zero attached hydrogens (tertiary/aromatic N) is 7. The third-order valence-corrected chi connectivity index (χ3v) is 5.01. The van der Waals surface area contributed by atoms with Gasteiger partial charge in [0.05, 0.1) is 18.1 Å². The Morgan fingerprint density at radius 2 is 1.71 bits per heavy atom. The van der Waals surface area contributed by atoms with Gasteiger partial charge < -0.3 is 15.1 Å². The SMILES string of the molecule is Cl.Cl.Cl.Cn1ncc2c(N3CCN(C(=O)CN4CCNCC4)CC3)ncnc21. The van der Waals surface area contributed by atoms with Gasteiger partial charge in [0, 0.05) is 59.4 Å². The first-order valence-electron chi connectivity index (χ1n) is 8.81. The highest BCUT2D eigenvalue weighted by Crippen LogP contribution is 2.23. The van der Waals surface area contributed by atoms with E-state index in [1.807, 2.05) is 18.1 Å². The molecule has 1 N–H and O–H groups in total. The van der Waals surface area contributed by atoms with Crippen LogP contribution in [0.3, 0.4) is 0 Å². The van der Waals surface area contributed by atoms with Gasteiger partial charge in [-0.15, -0.1) is 37.2 Å². The van der Waals surface area contributed by atoms with Crippen molar-refractivity contribution in [3.63, 3.8) is 0 Å². The maximum absolute atomic E-state index is 12.5. The minimum Gasteiger partial charge on any atom is -0.352 e. The summed E-state index contributed by atoms with van der Waals surface area (Å²) < 4.78 is 1.76. The summed E-state index contributed by atoms with van der Waals surface area (Å²) in [5.74, 6) is 1.14. The molecule has 12 heteroatoms. The summed E-state index contributed by atoms with van der Waals surface area (Å²) in [6.07, 6.45) is 3.40. The van der Waals surface area contributed by atoms with Crippen LogP contribution in [0.15, 0.2) is 12.5 Å². The smallest absolute Gasteiger partial charge is 0.236 e. The molecule has 0 aromatic carbocycles. The predicted molar refractivity (Wildman–Crippen MR) is 116 cm³/mol. The fraction of sp³-hybridized carbons (Fsp3) is 0.625. The molecule has 1 amide bonds. The van der Waals surface area contributed by atoms with E-state index in [1.54, 1.807) is 11.0 Å². The number of aromatic nitrogens is 4. The lowest BCUT2D eigenvalue weighted by Gasteiger charge is -2.37. The minimum absolute atomic E-state index is 0. The number of carbonyl (C=O) groups excluding carboxylic acids is 1. The van der Waals surface area contributed by atoms with E-state index in [9.17, 15) is 4.79 Å². The molecule has 2 aromatic heterocycles. The number of hydrogen-bond donors (Lipinski definition) is 1. The van der Waals surface area contributed by atoms with Gasteiger partial charge in [-0.1, -0.05) is 0 Å². The first-order valence-corrected chi connectivity index (χ1v) is 8.81. The Morgan fingerprint density at radius 3 is 2.39 bits per heavy atom. The number of fused-ring (bicyclic) bond motifs is 1. The summed E-state index contributed by atoms with van der Waals surface area (Å²) in [4.78, 5) is 27.7. The first-order chi connectivity index (χ1) is 12.2. The molecule has 0 atom stereocenters. The first kappa shape index (κ1) is 24.6. The van der Waals surface area contributed by atoms with Crippen LogP contribution in [0.25, 0.3) is 11.0 Å². The number of rotatable bonds is 3. The molecule has 28 heavy (non-hydrogen) atoms. The fourth-order valence-electron chi connectivity index (χ4n) is 3.53. The maximum Gasteiger partial charge on any atom is 0.236 e. The summed E-state index contributed by atoms with van der Waals surface area (Å²) in [6, 6.07) is 0. The molecular formula is C16H27Cl3N8O. The Bertz CT molecular complexity index is 759. The van der Waals surface area contributed by atoms with Crippen LogP contribution in [0.2, 0.25) is 0 Å². The van der Waals surface area contributed by atoms with Crippen molar-refractivity contribution in [3.8, 4) is 0 Å². The van der Waals surface area contributed by atoms with Crippen molar-refractivity contribution >= 4 is 60.0 Å². The Labute approximate surface area is 183 Å². The van der Waals surface area contributed by atoms with E-state index in [4.69, 9.17) is 0 Å². The quantitative estimate of drug-likeness (QED) is 0.710. The fourth-order valence-corrected chi connectivity index (χ4v) is 3.53. The molecule has 2 fully saturated rings. The van der Waals surface area contributed by atoms with E-state index in [1.165, 1.54) is 0 Å². The average Bonchev–Trinajstić information content (AvgIpc) is 3.04. The lowest BCUT2D eigenvalue weighted by molar-refractivity contribution is -0.132. The van der Waals surface area contributed by atoms with E-state index in [-0.39, 0.29) is 43.1 Å². The molecule has 2 saturated heterocycles. The van der Waals surface area contributed by atoms with Crippen molar-refractivity contribution in [3.05, 3.63) is 12.5 Å². The number of carbonyl (C=O) groups is 1. The van der Waals surface area contributed by atoms with Gasteiger partial charge >= 0.3 is 0 Å². The zero-order chi connectivity index (χ0) is 17.2. The molecule has 4 heterocycles. The molecule has 0 bridgehead atoms. The van der Waals surface area contributed by atoms with E-state index >= 15 is 0 Å². The maximum atomic E-state index is 12.5. The van der Waals surface area contributed by atoms with Crippen LogP contribution in [-0.4, -0.2) is 94.4 Å². The highest BCUT2D eigenvalue weighted by molar-refractivity contribution is 5.87. The van der Waals surface area contributed by atoms with Crippen molar-refractivity contribution < 1.29 is 4.79 Å². The molecule has 0 saturated carbocycles. The largest absolute Gasteiger partial charge is 0.352 e. The number of amides is 1. The summed E-state index contributed by atoms with van der Waals surface area (Å²) in [7, 11) is 1.88. The molecule has 4 rings (SSSR count). The highest BCUT2D eigenvalue weighted by Gasteiger charge is 2.25. The lowest BCUT2D eigenvalue weighted by Crippen LogP contribution is -2.53. The topological polar surface area (TPSA) is 82.4 Å². The van der Waals surface area contributed by atoms with Gasteiger partial charge in [0.1, 0.15) is 12.1 Å². The van der Waals surface area contributed by atoms with Gasteiger partial charge in [-0.05, 0) is 0 Å². The number of aryl methyl sites for hydroxylation is 1. The molecule has 0 aliphatic carbocycles. The van der Waals surface area contributed by atoms with Crippen LogP contribution in [0.4, 0.5) is 5.82 Å². The molecule has 9 nitrogen and oxygen atoms in total. The molecule has 0 spiro atoms. The Kier molecular flexibility index (Phi) is 9.65. The van der Waals surface area contributed by atoms with Crippen molar-refractivity contribution in [1.29, 1.82) is 0 Å². The van der Waals surface area contributed by atoms with Gasteiger partial charge in [0.25, 0.3) is 0 Å². The van der Waals surface area contributed by atoms with E-state index in [2.05, 4.69) is 30.2 Å². The van der Waals surface area contributed by atoms with E-state index < -0.39 is 0 Å². The second kappa shape index (κ2) is 11.0. The third-order valence-electron chi connectivity index (χ3n) is 5.01. The van der Waals surface area contributed by atoms with Crippen LogP contribution in [-0.2, 0) is 11.8 Å². The van der Waals surface area contributed by atoms with Crippen LogP contribution in [0, 0.1) is 0 Å². The molecule has 2 aliphatic rings. The number of anilines is 1. The zero-order valence-electron chi connectivity index (χ0n) is 15.8. The molecule has 2 aromatic rings. The summed E-state index contributed by atoms with van der Waals surface area (Å²) in [6.45, 7) is 7.40. The third kappa shape index (κ3) is 5.15. The van der Waals surface area contributed by atoms with Gasteiger partial charge in [-0.25, -0.2) is 9.97 Å². The van der Waals surface area contributed by atoms with Crippen molar-refractivity contribution in [2.24, 2.45) is 7.05 Å². The van der Waals surface area contributed by atoms with Crippen LogP contribution in [0.5, 0.6) is 0 Å². The summed E-state index contributed by atoms with van der Waals surface area (Å²) >= 11 is 0. The number of hydrogen-bond acceptors (Lipinski definition) is 7. The molecule has 2 aliphatic heterocycles. The van der Waals surface area contributed by atoms with E-state index in [0.717, 1.165) is 69.2 Å². The van der Waals surface area contributed by atoms with Crippen molar-refractivity contribution in [2.45, 2.75) is 0 Å². The Hall–Kier alpha value is -1.39. The highest BCUT2D eigenvalue weighted by atomic mass is 35.5. The normalized spacial score (nSPS) is 17.5. The average molecular weight is 454 g/mol. The second-order valence-corrected chi connectivity index (χ2v) is 6.60. The lowest BCUT2D eigenvalue weighted by atomic mass is 10.2. The second-order valence-electron chi connectivity index (χ2n) is 6.60.